The number of carbonyl (C=O) groups is 2. The first-order chi connectivity index (χ1) is 13.0. The standard InChI is InChI=1S/C20H15ClN2O4/c1-12(19(24)23-17-4-2-3-13(7-17)10-22)27-20(25)15-8-14-9-16(21)5-6-18(14)26-11-15/h2-9,12H,11H2,1H3,(H,23,24). The van der Waals surface area contributed by atoms with Crippen LogP contribution in [0, 0.1) is 11.3 Å². The third kappa shape index (κ3) is 4.46. The second-order valence-electron chi connectivity index (χ2n) is 5.87. The minimum atomic E-state index is -1.02. The van der Waals surface area contributed by atoms with Gasteiger partial charge >= 0.3 is 5.97 Å². The van der Waals surface area contributed by atoms with Gasteiger partial charge in [0.25, 0.3) is 5.91 Å². The maximum atomic E-state index is 12.3. The second kappa shape index (κ2) is 7.94. The Hall–Kier alpha value is -3.30. The van der Waals surface area contributed by atoms with Crippen LogP contribution in [-0.2, 0) is 14.3 Å². The number of nitrogens with one attached hydrogen (secondary N) is 1. The first-order valence-corrected chi connectivity index (χ1v) is 8.49. The van der Waals surface area contributed by atoms with Gasteiger partial charge in [0.15, 0.2) is 6.10 Å². The van der Waals surface area contributed by atoms with E-state index in [-0.39, 0.29) is 12.2 Å². The number of hydrogen-bond donors (Lipinski definition) is 1. The summed E-state index contributed by atoms with van der Waals surface area (Å²) in [7, 11) is 0. The monoisotopic (exact) mass is 382 g/mol. The van der Waals surface area contributed by atoms with Crippen molar-refractivity contribution in [3.8, 4) is 11.8 Å². The minimum Gasteiger partial charge on any atom is -0.488 e. The molecular weight excluding hydrogens is 368 g/mol. The van der Waals surface area contributed by atoms with Crippen LogP contribution in [0.25, 0.3) is 6.08 Å². The number of rotatable bonds is 4. The number of esters is 1. The molecule has 1 atom stereocenters. The molecule has 0 saturated heterocycles. The van der Waals surface area contributed by atoms with E-state index in [0.717, 1.165) is 0 Å². The highest BCUT2D eigenvalue weighted by Gasteiger charge is 2.23. The van der Waals surface area contributed by atoms with Crippen LogP contribution in [0.4, 0.5) is 5.69 Å². The molecule has 1 unspecified atom stereocenters. The lowest BCUT2D eigenvalue weighted by molar-refractivity contribution is -0.149. The lowest BCUT2D eigenvalue weighted by Gasteiger charge is -2.19. The fourth-order valence-electron chi connectivity index (χ4n) is 2.47. The summed E-state index contributed by atoms with van der Waals surface area (Å²) in [5.41, 5.74) is 1.83. The van der Waals surface area contributed by atoms with E-state index < -0.39 is 18.0 Å². The molecule has 0 spiro atoms. The summed E-state index contributed by atoms with van der Waals surface area (Å²) in [6.45, 7) is 1.52. The summed E-state index contributed by atoms with van der Waals surface area (Å²) in [4.78, 5) is 24.6. The molecule has 0 aliphatic carbocycles. The van der Waals surface area contributed by atoms with Gasteiger partial charge in [0.2, 0.25) is 0 Å². The maximum absolute atomic E-state index is 12.3. The number of hydrogen-bond acceptors (Lipinski definition) is 5. The minimum absolute atomic E-state index is 0.0476. The Morgan fingerprint density at radius 1 is 1.30 bits per heavy atom. The smallest absolute Gasteiger partial charge is 0.338 e. The van der Waals surface area contributed by atoms with Crippen LogP contribution in [0.2, 0.25) is 5.02 Å². The topological polar surface area (TPSA) is 88.4 Å². The zero-order chi connectivity index (χ0) is 19.4. The fourth-order valence-corrected chi connectivity index (χ4v) is 2.65. The highest BCUT2D eigenvalue weighted by Crippen LogP contribution is 2.29. The molecule has 7 heteroatoms. The van der Waals surface area contributed by atoms with Crippen molar-refractivity contribution in [3.63, 3.8) is 0 Å². The first kappa shape index (κ1) is 18.5. The van der Waals surface area contributed by atoms with Crippen LogP contribution >= 0.6 is 11.6 Å². The molecule has 136 valence electrons. The Morgan fingerprint density at radius 2 is 2.11 bits per heavy atom. The molecule has 1 aliphatic heterocycles. The van der Waals surface area contributed by atoms with E-state index in [4.69, 9.17) is 26.3 Å². The van der Waals surface area contributed by atoms with E-state index in [1.807, 2.05) is 6.07 Å². The highest BCUT2D eigenvalue weighted by molar-refractivity contribution is 6.30. The molecule has 27 heavy (non-hydrogen) atoms. The molecule has 0 aromatic heterocycles. The normalized spacial score (nSPS) is 13.3. The van der Waals surface area contributed by atoms with Gasteiger partial charge in [-0.05, 0) is 49.4 Å². The van der Waals surface area contributed by atoms with E-state index in [2.05, 4.69) is 5.32 Å². The van der Waals surface area contributed by atoms with Gasteiger partial charge in [0, 0.05) is 16.3 Å². The molecule has 1 N–H and O–H groups in total. The lowest BCUT2D eigenvalue weighted by Crippen LogP contribution is -2.31. The van der Waals surface area contributed by atoms with Gasteiger partial charge < -0.3 is 14.8 Å². The van der Waals surface area contributed by atoms with Gasteiger partial charge in [-0.2, -0.15) is 5.26 Å². The average Bonchev–Trinajstić information content (AvgIpc) is 2.67. The molecular formula is C20H15ClN2O4. The molecule has 1 heterocycles. The molecule has 0 saturated carbocycles. The van der Waals surface area contributed by atoms with E-state index >= 15 is 0 Å². The number of benzene rings is 2. The Bertz CT molecular complexity index is 978. The van der Waals surface area contributed by atoms with Gasteiger partial charge in [0.05, 0.1) is 17.2 Å². The molecule has 6 nitrogen and oxygen atoms in total. The summed E-state index contributed by atoms with van der Waals surface area (Å²) < 4.78 is 10.7. The molecule has 3 rings (SSSR count). The van der Waals surface area contributed by atoms with Crippen molar-refractivity contribution in [2.75, 3.05) is 11.9 Å². The third-order valence-corrected chi connectivity index (χ3v) is 4.09. The van der Waals surface area contributed by atoms with Gasteiger partial charge in [-0.15, -0.1) is 0 Å². The molecule has 1 amide bonds. The number of ether oxygens (including phenoxy) is 2. The van der Waals surface area contributed by atoms with Gasteiger partial charge in [-0.1, -0.05) is 17.7 Å². The van der Waals surface area contributed by atoms with Gasteiger partial charge in [-0.3, -0.25) is 4.79 Å². The largest absolute Gasteiger partial charge is 0.488 e. The summed E-state index contributed by atoms with van der Waals surface area (Å²) >= 11 is 5.95. The number of nitriles is 1. The van der Waals surface area contributed by atoms with Crippen LogP contribution in [0.1, 0.15) is 18.1 Å². The summed E-state index contributed by atoms with van der Waals surface area (Å²) in [6.07, 6.45) is 0.610. The highest BCUT2D eigenvalue weighted by atomic mass is 35.5. The summed E-state index contributed by atoms with van der Waals surface area (Å²) in [6, 6.07) is 13.5. The van der Waals surface area contributed by atoms with Crippen molar-refractivity contribution in [1.82, 2.24) is 0 Å². The van der Waals surface area contributed by atoms with Gasteiger partial charge in [-0.25, -0.2) is 4.79 Å². The Morgan fingerprint density at radius 3 is 2.89 bits per heavy atom. The van der Waals surface area contributed by atoms with Gasteiger partial charge in [0.1, 0.15) is 12.4 Å². The second-order valence-corrected chi connectivity index (χ2v) is 6.31. The lowest BCUT2D eigenvalue weighted by atomic mass is 10.1. The number of nitrogens with zero attached hydrogens (tertiary/aromatic N) is 1. The number of amides is 1. The van der Waals surface area contributed by atoms with Crippen LogP contribution < -0.4 is 10.1 Å². The predicted octanol–water partition coefficient (Wildman–Crippen LogP) is 3.56. The fraction of sp³-hybridized carbons (Fsp3) is 0.150. The van der Waals surface area contributed by atoms with Crippen molar-refractivity contribution in [1.29, 1.82) is 5.26 Å². The summed E-state index contributed by atoms with van der Waals surface area (Å²) in [5.74, 6) is -0.521. The zero-order valence-corrected chi connectivity index (χ0v) is 15.1. The maximum Gasteiger partial charge on any atom is 0.338 e. The number of carbonyl (C=O) groups excluding carboxylic acids is 2. The zero-order valence-electron chi connectivity index (χ0n) is 14.4. The molecule has 0 radical (unpaired) electrons. The van der Waals surface area contributed by atoms with Crippen LogP contribution in [-0.4, -0.2) is 24.6 Å². The quantitative estimate of drug-likeness (QED) is 0.817. The van der Waals surface area contributed by atoms with E-state index in [1.165, 1.54) is 13.0 Å². The third-order valence-electron chi connectivity index (χ3n) is 3.86. The average molecular weight is 383 g/mol. The van der Waals surface area contributed by atoms with E-state index in [0.29, 0.717) is 27.6 Å². The Kier molecular flexibility index (Phi) is 5.43. The van der Waals surface area contributed by atoms with Crippen molar-refractivity contribution in [2.45, 2.75) is 13.0 Å². The Labute approximate surface area is 161 Å². The van der Waals surface area contributed by atoms with Crippen molar-refractivity contribution < 1.29 is 19.1 Å². The van der Waals surface area contributed by atoms with Crippen LogP contribution in [0.3, 0.4) is 0 Å². The molecule has 0 fully saturated rings. The van der Waals surface area contributed by atoms with Crippen molar-refractivity contribution in [2.24, 2.45) is 0 Å². The SMILES string of the molecule is CC(OC(=O)C1=Cc2cc(Cl)ccc2OC1)C(=O)Nc1cccc(C#N)c1. The molecule has 2 aromatic rings. The van der Waals surface area contributed by atoms with E-state index in [9.17, 15) is 9.59 Å². The molecule has 0 bridgehead atoms. The van der Waals surface area contributed by atoms with Crippen LogP contribution in [0.5, 0.6) is 5.75 Å². The number of halogens is 1. The number of anilines is 1. The summed E-state index contributed by atoms with van der Waals surface area (Å²) in [5, 5.41) is 12.0. The van der Waals surface area contributed by atoms with Crippen LogP contribution in [0.15, 0.2) is 48.0 Å². The Balaban J connectivity index is 1.65. The van der Waals surface area contributed by atoms with Crippen molar-refractivity contribution in [3.05, 3.63) is 64.2 Å². The number of fused-ring (bicyclic) bond motifs is 1. The van der Waals surface area contributed by atoms with E-state index in [1.54, 1.807) is 42.5 Å². The van der Waals surface area contributed by atoms with Crippen molar-refractivity contribution >= 4 is 35.2 Å². The molecule has 1 aliphatic rings. The molecule has 2 aromatic carbocycles. The predicted molar refractivity (Wildman–Crippen MR) is 100 cm³/mol. The first-order valence-electron chi connectivity index (χ1n) is 8.11.